The minimum atomic E-state index is -3.79. The molecule has 152 valence electrons. The lowest BCUT2D eigenvalue weighted by Crippen LogP contribution is -2.26. The number of rotatable bonds is 8. The number of terminal acetylenes is 1. The predicted molar refractivity (Wildman–Crippen MR) is 113 cm³/mol. The van der Waals surface area contributed by atoms with Crippen molar-refractivity contribution in [3.8, 4) is 18.4 Å². The van der Waals surface area contributed by atoms with Crippen LogP contribution in [0.2, 0.25) is 0 Å². The fourth-order valence-electron chi connectivity index (χ4n) is 2.52. The monoisotopic (exact) mass is 420 g/mol. The van der Waals surface area contributed by atoms with Crippen molar-refractivity contribution >= 4 is 16.0 Å². The SMILES string of the molecule is C#CCN(/C=C/C=C(/C#N)Cc1ccc(C(=O)OC)cc1)S(=O)(=O)c1ccccc1. The molecule has 2 rings (SSSR count). The van der Waals surface area contributed by atoms with Crippen molar-refractivity contribution in [3.63, 3.8) is 0 Å². The second kappa shape index (κ2) is 10.7. The molecule has 7 heteroatoms. The number of hydrogen-bond acceptors (Lipinski definition) is 5. The highest BCUT2D eigenvalue weighted by molar-refractivity contribution is 7.89. The van der Waals surface area contributed by atoms with Gasteiger partial charge in [0.1, 0.15) is 0 Å². The molecule has 0 radical (unpaired) electrons. The highest BCUT2D eigenvalue weighted by atomic mass is 32.2. The first-order chi connectivity index (χ1) is 14.4. The van der Waals surface area contributed by atoms with Gasteiger partial charge in [0, 0.05) is 18.2 Å². The maximum absolute atomic E-state index is 12.7. The highest BCUT2D eigenvalue weighted by Crippen LogP contribution is 2.16. The molecule has 0 aliphatic carbocycles. The number of ether oxygens (including phenoxy) is 1. The van der Waals surface area contributed by atoms with E-state index in [1.807, 2.05) is 0 Å². The zero-order valence-electron chi connectivity index (χ0n) is 16.4. The molecule has 0 atom stereocenters. The minimum absolute atomic E-state index is 0.125. The molecule has 0 amide bonds. The molecule has 0 spiro atoms. The van der Waals surface area contributed by atoms with Gasteiger partial charge in [0.25, 0.3) is 10.0 Å². The summed E-state index contributed by atoms with van der Waals surface area (Å²) in [6.45, 7) is -0.140. The standard InChI is InChI=1S/C23H20N2O4S/c1-3-15-25(30(27,28)22-9-5-4-6-10-22)16-7-8-20(18-24)17-19-11-13-21(14-12-19)23(26)29-2/h1,4-14,16H,15,17H2,2H3/b16-7+,20-8+. The second-order valence-corrected chi connectivity index (χ2v) is 7.97. The fourth-order valence-corrected chi connectivity index (χ4v) is 3.77. The third kappa shape index (κ3) is 5.84. The Morgan fingerprint density at radius 2 is 1.83 bits per heavy atom. The summed E-state index contributed by atoms with van der Waals surface area (Å²) < 4.78 is 31.1. The molecule has 0 N–H and O–H groups in total. The van der Waals surface area contributed by atoms with E-state index in [9.17, 15) is 18.5 Å². The molecule has 0 aliphatic heterocycles. The first-order valence-corrected chi connectivity index (χ1v) is 10.3. The van der Waals surface area contributed by atoms with Crippen LogP contribution in [0.25, 0.3) is 0 Å². The molecule has 0 aromatic heterocycles. The Hall–Kier alpha value is -3.81. The lowest BCUT2D eigenvalue weighted by molar-refractivity contribution is 0.0600. The average molecular weight is 420 g/mol. The van der Waals surface area contributed by atoms with Crippen LogP contribution in [0.3, 0.4) is 0 Å². The average Bonchev–Trinajstić information content (AvgIpc) is 2.78. The van der Waals surface area contributed by atoms with E-state index in [1.165, 1.54) is 37.6 Å². The quantitative estimate of drug-likeness (QED) is 0.283. The molecule has 2 aromatic rings. The summed E-state index contributed by atoms with van der Waals surface area (Å²) in [6.07, 6.45) is 9.97. The van der Waals surface area contributed by atoms with Gasteiger partial charge in [-0.3, -0.25) is 4.31 Å². The first kappa shape index (κ1) is 22.5. The number of carbonyl (C=O) groups is 1. The lowest BCUT2D eigenvalue weighted by Gasteiger charge is -2.17. The normalized spacial score (nSPS) is 11.5. The Labute approximate surface area is 176 Å². The van der Waals surface area contributed by atoms with Crippen LogP contribution in [-0.4, -0.2) is 32.3 Å². The topological polar surface area (TPSA) is 87.5 Å². The summed E-state index contributed by atoms with van der Waals surface area (Å²) in [5.41, 5.74) is 1.65. The largest absolute Gasteiger partial charge is 0.465 e. The maximum atomic E-state index is 12.7. The molecule has 2 aromatic carbocycles. The zero-order chi connectivity index (χ0) is 22.0. The van der Waals surface area contributed by atoms with Crippen molar-refractivity contribution in [1.82, 2.24) is 4.31 Å². The third-order valence-electron chi connectivity index (χ3n) is 4.06. The molecule has 0 aliphatic rings. The van der Waals surface area contributed by atoms with Crippen molar-refractivity contribution in [3.05, 3.63) is 89.6 Å². The van der Waals surface area contributed by atoms with E-state index in [-0.39, 0.29) is 11.4 Å². The molecular formula is C23H20N2O4S. The molecule has 30 heavy (non-hydrogen) atoms. The Morgan fingerprint density at radius 1 is 1.17 bits per heavy atom. The number of allylic oxidation sites excluding steroid dienone is 3. The number of carbonyl (C=O) groups excluding carboxylic acids is 1. The van der Waals surface area contributed by atoms with Crippen molar-refractivity contribution in [2.24, 2.45) is 0 Å². The Balaban J connectivity index is 2.18. The van der Waals surface area contributed by atoms with E-state index in [4.69, 9.17) is 6.42 Å². The highest BCUT2D eigenvalue weighted by Gasteiger charge is 2.20. The van der Waals surface area contributed by atoms with Gasteiger partial charge >= 0.3 is 5.97 Å². The van der Waals surface area contributed by atoms with Gasteiger partial charge < -0.3 is 4.74 Å². The number of methoxy groups -OCH3 is 1. The van der Waals surface area contributed by atoms with Crippen LogP contribution in [0.5, 0.6) is 0 Å². The molecular weight excluding hydrogens is 400 g/mol. The van der Waals surface area contributed by atoms with Crippen molar-refractivity contribution in [1.29, 1.82) is 5.26 Å². The van der Waals surface area contributed by atoms with Gasteiger partial charge in [0.2, 0.25) is 0 Å². The maximum Gasteiger partial charge on any atom is 0.337 e. The lowest BCUT2D eigenvalue weighted by atomic mass is 10.0. The van der Waals surface area contributed by atoms with Crippen LogP contribution < -0.4 is 0 Å². The van der Waals surface area contributed by atoms with Crippen LogP contribution in [0.4, 0.5) is 0 Å². The Kier molecular flexibility index (Phi) is 7.99. The smallest absolute Gasteiger partial charge is 0.337 e. The van der Waals surface area contributed by atoms with Crippen LogP contribution in [-0.2, 0) is 21.2 Å². The first-order valence-electron chi connectivity index (χ1n) is 8.87. The number of nitriles is 1. The van der Waals surface area contributed by atoms with Crippen LogP contribution in [0.15, 0.2) is 83.4 Å². The van der Waals surface area contributed by atoms with Crippen molar-refractivity contribution in [2.45, 2.75) is 11.3 Å². The van der Waals surface area contributed by atoms with Gasteiger partial charge in [-0.2, -0.15) is 5.26 Å². The van der Waals surface area contributed by atoms with E-state index in [0.717, 1.165) is 9.87 Å². The van der Waals surface area contributed by atoms with Crippen LogP contribution in [0.1, 0.15) is 15.9 Å². The van der Waals surface area contributed by atoms with Gasteiger partial charge in [0.15, 0.2) is 0 Å². The molecule has 0 bridgehead atoms. The zero-order valence-corrected chi connectivity index (χ0v) is 17.2. The fraction of sp³-hybridized carbons (Fsp3) is 0.130. The Morgan fingerprint density at radius 3 is 2.40 bits per heavy atom. The minimum Gasteiger partial charge on any atom is -0.465 e. The number of nitrogens with zero attached hydrogens (tertiary/aromatic N) is 2. The van der Waals surface area contributed by atoms with E-state index in [1.54, 1.807) is 42.5 Å². The van der Waals surface area contributed by atoms with Gasteiger partial charge in [0.05, 0.1) is 30.2 Å². The summed E-state index contributed by atoms with van der Waals surface area (Å²) in [5.74, 6) is 1.89. The number of hydrogen-bond donors (Lipinski definition) is 0. The molecule has 0 saturated heterocycles. The Bertz CT molecular complexity index is 1120. The van der Waals surface area contributed by atoms with E-state index in [2.05, 4.69) is 16.7 Å². The van der Waals surface area contributed by atoms with Gasteiger partial charge in [-0.25, -0.2) is 13.2 Å². The summed E-state index contributed by atoms with van der Waals surface area (Å²) in [4.78, 5) is 11.6. The van der Waals surface area contributed by atoms with Crippen LogP contribution in [0, 0.1) is 23.7 Å². The number of esters is 1. The van der Waals surface area contributed by atoms with Gasteiger partial charge in [-0.05, 0) is 42.0 Å². The summed E-state index contributed by atoms with van der Waals surface area (Å²) >= 11 is 0. The van der Waals surface area contributed by atoms with E-state index in [0.29, 0.717) is 17.6 Å². The number of sulfonamides is 1. The predicted octanol–water partition coefficient (Wildman–Crippen LogP) is 3.30. The summed E-state index contributed by atoms with van der Waals surface area (Å²) in [7, 11) is -2.49. The molecule has 0 unspecified atom stereocenters. The molecule has 0 saturated carbocycles. The van der Waals surface area contributed by atoms with Gasteiger partial charge in [-0.1, -0.05) is 36.3 Å². The van der Waals surface area contributed by atoms with E-state index < -0.39 is 16.0 Å². The summed E-state index contributed by atoms with van der Waals surface area (Å²) in [6, 6.07) is 16.7. The summed E-state index contributed by atoms with van der Waals surface area (Å²) in [5, 5.41) is 9.38. The third-order valence-corrected chi connectivity index (χ3v) is 5.80. The van der Waals surface area contributed by atoms with Crippen molar-refractivity contribution < 1.29 is 17.9 Å². The number of benzene rings is 2. The second-order valence-electron chi connectivity index (χ2n) is 6.08. The van der Waals surface area contributed by atoms with Gasteiger partial charge in [-0.15, -0.1) is 6.42 Å². The molecule has 6 nitrogen and oxygen atoms in total. The van der Waals surface area contributed by atoms with E-state index >= 15 is 0 Å². The van der Waals surface area contributed by atoms with Crippen LogP contribution >= 0.6 is 0 Å². The molecule has 0 heterocycles. The molecule has 0 fully saturated rings. The van der Waals surface area contributed by atoms with Crippen molar-refractivity contribution in [2.75, 3.05) is 13.7 Å².